The monoisotopic (exact) mass is 348 g/mol. The summed E-state index contributed by atoms with van der Waals surface area (Å²) in [7, 11) is -2.02. The molecule has 24 heavy (non-hydrogen) atoms. The highest BCUT2D eigenvalue weighted by Crippen LogP contribution is 2.14. The van der Waals surface area contributed by atoms with Gasteiger partial charge in [0.2, 0.25) is 15.9 Å². The van der Waals surface area contributed by atoms with Crippen molar-refractivity contribution in [2.24, 2.45) is 5.73 Å². The Morgan fingerprint density at radius 3 is 2.17 bits per heavy atom. The Balaban J connectivity index is 1.99. The minimum Gasteiger partial charge on any atom is -0.497 e. The Hall–Kier alpha value is -2.38. The van der Waals surface area contributed by atoms with E-state index in [9.17, 15) is 13.2 Å². The predicted octanol–water partition coefficient (Wildman–Crippen LogP) is 1.59. The van der Waals surface area contributed by atoms with Crippen molar-refractivity contribution in [3.63, 3.8) is 0 Å². The van der Waals surface area contributed by atoms with Crippen LogP contribution in [0.3, 0.4) is 0 Å². The second-order valence-electron chi connectivity index (χ2n) is 5.28. The second-order valence-corrected chi connectivity index (χ2v) is 7.05. The minimum absolute atomic E-state index is 0.179. The second kappa shape index (κ2) is 7.94. The van der Waals surface area contributed by atoms with Crippen LogP contribution in [0.5, 0.6) is 5.75 Å². The molecular formula is C17H20N2O4S. The number of ether oxygens (including phenoxy) is 1. The normalized spacial score (nSPS) is 11.2. The lowest BCUT2D eigenvalue weighted by Gasteiger charge is -2.08. The van der Waals surface area contributed by atoms with Gasteiger partial charge in [0.25, 0.3) is 0 Å². The molecule has 0 aliphatic rings. The van der Waals surface area contributed by atoms with Gasteiger partial charge in [0, 0.05) is 13.0 Å². The predicted molar refractivity (Wildman–Crippen MR) is 91.0 cm³/mol. The molecule has 2 aromatic rings. The molecular weight excluding hydrogens is 328 g/mol. The largest absolute Gasteiger partial charge is 0.497 e. The zero-order valence-corrected chi connectivity index (χ0v) is 14.2. The number of carbonyl (C=O) groups is 1. The van der Waals surface area contributed by atoms with Crippen molar-refractivity contribution in [3.05, 3.63) is 59.7 Å². The summed E-state index contributed by atoms with van der Waals surface area (Å²) < 4.78 is 32.2. The lowest BCUT2D eigenvalue weighted by Crippen LogP contribution is -2.23. The molecule has 3 N–H and O–H groups in total. The molecule has 0 spiro atoms. The van der Waals surface area contributed by atoms with Gasteiger partial charge in [-0.05, 0) is 41.8 Å². The molecule has 0 saturated heterocycles. The van der Waals surface area contributed by atoms with Crippen LogP contribution in [0.4, 0.5) is 0 Å². The fraction of sp³-hybridized carbons (Fsp3) is 0.235. The third kappa shape index (κ3) is 5.07. The van der Waals surface area contributed by atoms with Crippen LogP contribution in [-0.2, 0) is 27.8 Å². The van der Waals surface area contributed by atoms with Crippen LogP contribution >= 0.6 is 0 Å². The molecule has 0 heterocycles. The topological polar surface area (TPSA) is 98.5 Å². The van der Waals surface area contributed by atoms with Crippen LogP contribution < -0.4 is 15.2 Å². The van der Waals surface area contributed by atoms with Crippen molar-refractivity contribution in [2.75, 3.05) is 7.11 Å². The molecule has 0 aliphatic carbocycles. The average Bonchev–Trinajstić information content (AvgIpc) is 2.59. The smallest absolute Gasteiger partial charge is 0.240 e. The third-order valence-electron chi connectivity index (χ3n) is 3.52. The molecule has 7 heteroatoms. The standard InChI is InChI=1S/C17H20N2O4S/c1-23-15-7-2-14(3-8-15)12-19-24(21,22)16-9-4-13(5-10-16)6-11-17(18)20/h2-5,7-10,19H,6,11-12H2,1H3,(H2,18,20). The van der Waals surface area contributed by atoms with Crippen LogP contribution in [0.15, 0.2) is 53.4 Å². The summed E-state index contributed by atoms with van der Waals surface area (Å²) in [6.45, 7) is 0.190. The van der Waals surface area contributed by atoms with Crippen molar-refractivity contribution in [2.45, 2.75) is 24.3 Å². The van der Waals surface area contributed by atoms with Gasteiger partial charge >= 0.3 is 0 Å². The molecule has 1 amide bonds. The van der Waals surface area contributed by atoms with Gasteiger partial charge in [-0.25, -0.2) is 13.1 Å². The highest BCUT2D eigenvalue weighted by atomic mass is 32.2. The van der Waals surface area contributed by atoms with E-state index in [0.29, 0.717) is 12.2 Å². The fourth-order valence-electron chi connectivity index (χ4n) is 2.11. The molecule has 0 fully saturated rings. The molecule has 0 bridgehead atoms. The molecule has 0 aliphatic heterocycles. The van der Waals surface area contributed by atoms with Gasteiger partial charge in [-0.2, -0.15) is 0 Å². The van der Waals surface area contributed by atoms with Crippen molar-refractivity contribution in [3.8, 4) is 5.75 Å². The highest BCUT2D eigenvalue weighted by Gasteiger charge is 2.13. The van der Waals surface area contributed by atoms with Crippen molar-refractivity contribution >= 4 is 15.9 Å². The lowest BCUT2D eigenvalue weighted by molar-refractivity contribution is -0.117. The number of nitrogens with one attached hydrogen (secondary N) is 1. The summed E-state index contributed by atoms with van der Waals surface area (Å²) in [5.74, 6) is 0.334. The van der Waals surface area contributed by atoms with Gasteiger partial charge < -0.3 is 10.5 Å². The van der Waals surface area contributed by atoms with Crippen LogP contribution in [-0.4, -0.2) is 21.4 Å². The number of benzene rings is 2. The number of carbonyl (C=O) groups excluding carboxylic acids is 1. The number of sulfonamides is 1. The Morgan fingerprint density at radius 1 is 1.04 bits per heavy atom. The Kier molecular flexibility index (Phi) is 5.94. The van der Waals surface area contributed by atoms with Crippen LogP contribution in [0, 0.1) is 0 Å². The number of hydrogen-bond donors (Lipinski definition) is 2. The number of rotatable bonds is 8. The van der Waals surface area contributed by atoms with Crippen LogP contribution in [0.2, 0.25) is 0 Å². The van der Waals surface area contributed by atoms with E-state index in [1.807, 2.05) is 0 Å². The molecule has 0 aromatic heterocycles. The van der Waals surface area contributed by atoms with E-state index >= 15 is 0 Å². The number of primary amides is 1. The Morgan fingerprint density at radius 2 is 1.62 bits per heavy atom. The minimum atomic E-state index is -3.60. The summed E-state index contributed by atoms with van der Waals surface area (Å²) in [6.07, 6.45) is 0.733. The number of hydrogen-bond acceptors (Lipinski definition) is 4. The van der Waals surface area contributed by atoms with Crippen LogP contribution in [0.25, 0.3) is 0 Å². The number of methoxy groups -OCH3 is 1. The fourth-order valence-corrected chi connectivity index (χ4v) is 3.13. The van der Waals surface area contributed by atoms with Gasteiger partial charge in [-0.3, -0.25) is 4.79 Å². The summed E-state index contributed by atoms with van der Waals surface area (Å²) in [6, 6.07) is 13.6. The first-order valence-corrected chi connectivity index (χ1v) is 8.89. The lowest BCUT2D eigenvalue weighted by atomic mass is 10.1. The molecule has 2 aromatic carbocycles. The molecule has 2 rings (SSSR count). The number of aryl methyl sites for hydroxylation is 1. The van der Waals surface area contributed by atoms with Gasteiger partial charge in [-0.15, -0.1) is 0 Å². The van der Waals surface area contributed by atoms with Crippen LogP contribution in [0.1, 0.15) is 17.5 Å². The number of nitrogens with two attached hydrogens (primary N) is 1. The maximum absolute atomic E-state index is 12.3. The zero-order valence-electron chi connectivity index (χ0n) is 13.4. The van der Waals surface area contributed by atoms with E-state index in [1.54, 1.807) is 43.5 Å². The first kappa shape index (κ1) is 18.0. The Bertz CT molecular complexity index is 784. The first-order chi connectivity index (χ1) is 11.4. The average molecular weight is 348 g/mol. The van der Waals surface area contributed by atoms with Gasteiger partial charge in [0.1, 0.15) is 5.75 Å². The van der Waals surface area contributed by atoms with E-state index in [-0.39, 0.29) is 23.8 Å². The summed E-state index contributed by atoms with van der Waals surface area (Å²) >= 11 is 0. The molecule has 128 valence electrons. The van der Waals surface area contributed by atoms with E-state index in [0.717, 1.165) is 11.1 Å². The maximum atomic E-state index is 12.3. The van der Waals surface area contributed by atoms with E-state index < -0.39 is 10.0 Å². The maximum Gasteiger partial charge on any atom is 0.240 e. The van der Waals surface area contributed by atoms with Gasteiger partial charge in [0.15, 0.2) is 0 Å². The summed E-state index contributed by atoms with van der Waals surface area (Å²) in [4.78, 5) is 10.9. The molecule has 0 atom stereocenters. The van der Waals surface area contributed by atoms with E-state index in [1.165, 1.54) is 12.1 Å². The van der Waals surface area contributed by atoms with Gasteiger partial charge in [0.05, 0.1) is 12.0 Å². The molecule has 0 saturated carbocycles. The van der Waals surface area contributed by atoms with Gasteiger partial charge in [-0.1, -0.05) is 24.3 Å². The van der Waals surface area contributed by atoms with Crippen molar-refractivity contribution < 1.29 is 17.9 Å². The van der Waals surface area contributed by atoms with Crippen molar-refractivity contribution in [1.82, 2.24) is 4.72 Å². The summed E-state index contributed by atoms with van der Waals surface area (Å²) in [5.41, 5.74) is 6.79. The highest BCUT2D eigenvalue weighted by molar-refractivity contribution is 7.89. The first-order valence-electron chi connectivity index (χ1n) is 7.40. The van der Waals surface area contributed by atoms with E-state index in [2.05, 4.69) is 4.72 Å². The zero-order chi connectivity index (χ0) is 17.6. The quantitative estimate of drug-likeness (QED) is 0.757. The summed E-state index contributed by atoms with van der Waals surface area (Å²) in [5, 5.41) is 0. The molecule has 0 unspecified atom stereocenters. The third-order valence-corrected chi connectivity index (χ3v) is 4.94. The SMILES string of the molecule is COc1ccc(CNS(=O)(=O)c2ccc(CCC(N)=O)cc2)cc1. The molecule has 0 radical (unpaired) electrons. The van der Waals surface area contributed by atoms with E-state index in [4.69, 9.17) is 10.5 Å². The Labute approximate surface area is 141 Å². The number of amides is 1. The molecule has 6 nitrogen and oxygen atoms in total. The van der Waals surface area contributed by atoms with Crippen molar-refractivity contribution in [1.29, 1.82) is 0 Å².